The van der Waals surface area contributed by atoms with Crippen molar-refractivity contribution in [3.63, 3.8) is 0 Å². The molecule has 0 radical (unpaired) electrons. The Morgan fingerprint density at radius 2 is 2.33 bits per heavy atom. The number of nitrogens with two attached hydrogens (primary N) is 1. The van der Waals surface area contributed by atoms with Crippen molar-refractivity contribution in [2.75, 3.05) is 24.6 Å². The number of guanidine groups is 1. The summed E-state index contributed by atoms with van der Waals surface area (Å²) in [4.78, 5) is 6.18. The molecular weight excluding hydrogens is 214 g/mol. The Kier molecular flexibility index (Phi) is 2.41. The molecule has 86 valence electrons. The number of nitrogens with zero attached hydrogens (tertiary/aromatic N) is 2. The van der Waals surface area contributed by atoms with Gasteiger partial charge in [0, 0.05) is 6.54 Å². The van der Waals surface area contributed by atoms with Gasteiger partial charge in [-0.2, -0.15) is 0 Å². The minimum absolute atomic E-state index is 0.212. The molecule has 2 aliphatic heterocycles. The van der Waals surface area contributed by atoms with Crippen LogP contribution in [0.1, 0.15) is 19.8 Å². The lowest BCUT2D eigenvalue weighted by atomic mass is 9.98. The van der Waals surface area contributed by atoms with E-state index in [2.05, 4.69) is 11.9 Å². The Morgan fingerprint density at radius 1 is 1.60 bits per heavy atom. The molecule has 2 rings (SSSR count). The third-order valence-electron chi connectivity index (χ3n) is 3.20. The largest absolute Gasteiger partial charge is 0.370 e. The second kappa shape index (κ2) is 3.37. The Morgan fingerprint density at radius 3 is 2.87 bits per heavy atom. The van der Waals surface area contributed by atoms with Gasteiger partial charge in [0.05, 0.1) is 23.6 Å². The standard InChI is InChI=1S/C9H17N3O2S/c1-2-4-12-8(10)11-6-9(12)3-5-15(13,14)7-9/h2-7H2,1H3,(H2,10,11). The lowest BCUT2D eigenvalue weighted by Gasteiger charge is -2.34. The van der Waals surface area contributed by atoms with Gasteiger partial charge >= 0.3 is 0 Å². The van der Waals surface area contributed by atoms with Gasteiger partial charge in [-0.05, 0) is 12.8 Å². The van der Waals surface area contributed by atoms with Gasteiger partial charge < -0.3 is 10.6 Å². The summed E-state index contributed by atoms with van der Waals surface area (Å²) in [6, 6.07) is 0. The van der Waals surface area contributed by atoms with E-state index in [0.717, 1.165) is 13.0 Å². The maximum absolute atomic E-state index is 11.5. The highest BCUT2D eigenvalue weighted by Gasteiger charge is 2.49. The molecule has 0 amide bonds. The van der Waals surface area contributed by atoms with E-state index in [-0.39, 0.29) is 17.0 Å². The van der Waals surface area contributed by atoms with Gasteiger partial charge in [0.25, 0.3) is 0 Å². The van der Waals surface area contributed by atoms with E-state index in [1.54, 1.807) is 0 Å². The highest BCUT2D eigenvalue weighted by Crippen LogP contribution is 2.33. The molecule has 2 aliphatic rings. The van der Waals surface area contributed by atoms with Gasteiger partial charge in [-0.25, -0.2) is 8.42 Å². The van der Waals surface area contributed by atoms with Gasteiger partial charge in [-0.15, -0.1) is 0 Å². The summed E-state index contributed by atoms with van der Waals surface area (Å²) in [5.41, 5.74) is 5.47. The van der Waals surface area contributed by atoms with E-state index in [1.807, 2.05) is 4.90 Å². The first-order valence-electron chi connectivity index (χ1n) is 5.27. The fourth-order valence-electron chi connectivity index (χ4n) is 2.45. The van der Waals surface area contributed by atoms with Gasteiger partial charge in [-0.3, -0.25) is 4.99 Å². The lowest BCUT2D eigenvalue weighted by Crippen LogP contribution is -2.52. The van der Waals surface area contributed by atoms with Crippen molar-refractivity contribution in [3.05, 3.63) is 0 Å². The van der Waals surface area contributed by atoms with Crippen LogP contribution in [0.25, 0.3) is 0 Å². The summed E-state index contributed by atoms with van der Waals surface area (Å²) in [6.45, 7) is 3.39. The average molecular weight is 231 g/mol. The molecule has 0 bridgehead atoms. The van der Waals surface area contributed by atoms with E-state index in [0.29, 0.717) is 18.9 Å². The molecule has 1 spiro atoms. The van der Waals surface area contributed by atoms with E-state index in [9.17, 15) is 8.42 Å². The Labute approximate surface area is 90.3 Å². The van der Waals surface area contributed by atoms with Crippen molar-refractivity contribution < 1.29 is 8.42 Å². The molecule has 0 aromatic rings. The summed E-state index contributed by atoms with van der Waals surface area (Å²) in [6.07, 6.45) is 1.62. The van der Waals surface area contributed by atoms with E-state index >= 15 is 0 Å². The lowest BCUT2D eigenvalue weighted by molar-refractivity contribution is 0.229. The average Bonchev–Trinajstić information content (AvgIpc) is 2.61. The third-order valence-corrected chi connectivity index (χ3v) is 5.00. The van der Waals surface area contributed by atoms with Gasteiger partial charge in [-0.1, -0.05) is 6.92 Å². The number of hydrogen-bond acceptors (Lipinski definition) is 5. The van der Waals surface area contributed by atoms with Crippen LogP contribution in [0.15, 0.2) is 4.99 Å². The third kappa shape index (κ3) is 1.71. The Hall–Kier alpha value is -0.780. The van der Waals surface area contributed by atoms with E-state index < -0.39 is 9.84 Å². The van der Waals surface area contributed by atoms with Crippen LogP contribution in [0.2, 0.25) is 0 Å². The van der Waals surface area contributed by atoms with Crippen LogP contribution >= 0.6 is 0 Å². The van der Waals surface area contributed by atoms with Crippen molar-refractivity contribution in [1.82, 2.24) is 4.90 Å². The first-order valence-corrected chi connectivity index (χ1v) is 7.09. The fourth-order valence-corrected chi connectivity index (χ4v) is 4.50. The molecule has 0 aromatic heterocycles. The van der Waals surface area contributed by atoms with Gasteiger partial charge in [0.1, 0.15) is 0 Å². The van der Waals surface area contributed by atoms with E-state index in [1.165, 1.54) is 0 Å². The molecule has 0 aliphatic carbocycles. The highest BCUT2D eigenvalue weighted by atomic mass is 32.2. The first-order chi connectivity index (χ1) is 6.99. The van der Waals surface area contributed by atoms with Crippen LogP contribution in [0.3, 0.4) is 0 Å². The Balaban J connectivity index is 2.24. The minimum atomic E-state index is -2.88. The zero-order valence-corrected chi connectivity index (χ0v) is 9.76. The molecule has 2 N–H and O–H groups in total. The predicted molar refractivity (Wildman–Crippen MR) is 59.5 cm³/mol. The van der Waals surface area contributed by atoms with E-state index in [4.69, 9.17) is 5.73 Å². The van der Waals surface area contributed by atoms with Crippen molar-refractivity contribution in [1.29, 1.82) is 0 Å². The second-order valence-corrected chi connectivity index (χ2v) is 6.58. The normalized spacial score (nSPS) is 33.7. The number of hydrogen-bond donors (Lipinski definition) is 1. The highest BCUT2D eigenvalue weighted by molar-refractivity contribution is 7.91. The minimum Gasteiger partial charge on any atom is -0.370 e. The topological polar surface area (TPSA) is 75.8 Å². The fraction of sp³-hybridized carbons (Fsp3) is 0.889. The van der Waals surface area contributed by atoms with Crippen LogP contribution in [0, 0.1) is 0 Å². The van der Waals surface area contributed by atoms with Crippen molar-refractivity contribution in [2.24, 2.45) is 10.7 Å². The molecule has 0 aromatic carbocycles. The molecule has 1 unspecified atom stereocenters. The molecule has 15 heavy (non-hydrogen) atoms. The molecule has 1 fully saturated rings. The SMILES string of the molecule is CCCN1C(N)=NCC12CCS(=O)(=O)C2. The predicted octanol–water partition coefficient (Wildman–Crippen LogP) is -0.416. The van der Waals surface area contributed by atoms with Crippen molar-refractivity contribution >= 4 is 15.8 Å². The summed E-state index contributed by atoms with van der Waals surface area (Å²) in [5, 5.41) is 0. The monoisotopic (exact) mass is 231 g/mol. The molecule has 2 heterocycles. The molecule has 1 saturated heterocycles. The summed E-state index contributed by atoms with van der Waals surface area (Å²) in [5.74, 6) is 0.995. The zero-order chi connectivity index (χ0) is 11.1. The van der Waals surface area contributed by atoms with Crippen LogP contribution in [0.4, 0.5) is 0 Å². The van der Waals surface area contributed by atoms with Crippen molar-refractivity contribution in [2.45, 2.75) is 25.3 Å². The van der Waals surface area contributed by atoms with Crippen LogP contribution in [0.5, 0.6) is 0 Å². The molecule has 5 nitrogen and oxygen atoms in total. The first kappa shape index (κ1) is 10.7. The summed E-state index contributed by atoms with van der Waals surface area (Å²) < 4.78 is 23.1. The molecule has 6 heteroatoms. The summed E-state index contributed by atoms with van der Waals surface area (Å²) >= 11 is 0. The summed E-state index contributed by atoms with van der Waals surface area (Å²) in [7, 11) is -2.88. The second-order valence-electron chi connectivity index (χ2n) is 4.39. The Bertz CT molecular complexity index is 390. The van der Waals surface area contributed by atoms with Gasteiger partial charge in [0.2, 0.25) is 0 Å². The molecule has 0 saturated carbocycles. The number of aliphatic imine (C=N–C) groups is 1. The van der Waals surface area contributed by atoms with Crippen LogP contribution in [-0.4, -0.2) is 49.4 Å². The van der Waals surface area contributed by atoms with Crippen molar-refractivity contribution in [3.8, 4) is 0 Å². The van der Waals surface area contributed by atoms with Crippen LogP contribution in [-0.2, 0) is 9.84 Å². The number of rotatable bonds is 2. The molecule has 1 atom stereocenters. The van der Waals surface area contributed by atoms with Crippen LogP contribution < -0.4 is 5.73 Å². The maximum Gasteiger partial charge on any atom is 0.191 e. The quantitative estimate of drug-likeness (QED) is 0.700. The zero-order valence-electron chi connectivity index (χ0n) is 8.94. The smallest absolute Gasteiger partial charge is 0.191 e. The maximum atomic E-state index is 11.5. The molecular formula is C9H17N3O2S. The van der Waals surface area contributed by atoms with Gasteiger partial charge in [0.15, 0.2) is 15.8 Å². The number of sulfone groups is 1.